The highest BCUT2D eigenvalue weighted by atomic mass is 19.4. The molecule has 0 spiro atoms. The lowest BCUT2D eigenvalue weighted by atomic mass is 10.0. The molecule has 4 rings (SSSR count). The van der Waals surface area contributed by atoms with Gasteiger partial charge in [0.2, 0.25) is 0 Å². The van der Waals surface area contributed by atoms with Gasteiger partial charge in [-0.25, -0.2) is 9.18 Å². The van der Waals surface area contributed by atoms with Crippen molar-refractivity contribution >= 4 is 16.7 Å². The normalized spacial score (nSPS) is 11.1. The molecule has 0 aliphatic heterocycles. The molecule has 3 nitrogen and oxygen atoms in total. The first-order chi connectivity index (χ1) is 15.7. The molecule has 0 amide bonds. The number of rotatable bonds is 3. The number of aromatic nitrogens is 1. The second-order valence-corrected chi connectivity index (χ2v) is 7.25. The van der Waals surface area contributed by atoms with Gasteiger partial charge in [0, 0.05) is 16.9 Å². The molecule has 0 aliphatic carbocycles. The van der Waals surface area contributed by atoms with E-state index in [1.54, 1.807) is 36.4 Å². The van der Waals surface area contributed by atoms with Crippen LogP contribution in [0.5, 0.6) is 5.75 Å². The number of hydrogen-bond donors (Lipinski definition) is 0. The Balaban J connectivity index is 1.55. The van der Waals surface area contributed by atoms with Gasteiger partial charge in [0.1, 0.15) is 11.6 Å². The van der Waals surface area contributed by atoms with Crippen molar-refractivity contribution in [3.05, 3.63) is 95.4 Å². The second-order valence-electron chi connectivity index (χ2n) is 7.25. The van der Waals surface area contributed by atoms with Gasteiger partial charge in [-0.15, -0.1) is 0 Å². The lowest BCUT2D eigenvalue weighted by Gasteiger charge is -2.08. The molecule has 4 aromatic rings. The van der Waals surface area contributed by atoms with Crippen molar-refractivity contribution in [2.45, 2.75) is 13.1 Å². The van der Waals surface area contributed by atoms with Crippen LogP contribution in [0.15, 0.2) is 72.9 Å². The third kappa shape index (κ3) is 5.18. The molecule has 0 fully saturated rings. The van der Waals surface area contributed by atoms with Gasteiger partial charge in [-0.05, 0) is 48.7 Å². The summed E-state index contributed by atoms with van der Waals surface area (Å²) in [5.41, 5.74) is 2.32. The lowest BCUT2D eigenvalue weighted by molar-refractivity contribution is -0.0696. The van der Waals surface area contributed by atoms with E-state index in [1.807, 2.05) is 25.0 Å². The molecule has 0 unspecified atom stereocenters. The first kappa shape index (κ1) is 22.0. The zero-order valence-electron chi connectivity index (χ0n) is 17.2. The fraction of sp³-hybridized carbons (Fsp3) is 0.0769. The minimum atomic E-state index is -4.70. The van der Waals surface area contributed by atoms with E-state index in [1.165, 1.54) is 24.4 Å². The van der Waals surface area contributed by atoms with E-state index in [-0.39, 0.29) is 16.7 Å². The third-order valence-electron chi connectivity index (χ3n) is 4.82. The van der Waals surface area contributed by atoms with Crippen LogP contribution >= 0.6 is 0 Å². The molecule has 0 bridgehead atoms. The van der Waals surface area contributed by atoms with E-state index < -0.39 is 18.0 Å². The van der Waals surface area contributed by atoms with Crippen LogP contribution in [0.2, 0.25) is 0 Å². The smallest absolute Gasteiger partial charge is 0.421 e. The van der Waals surface area contributed by atoms with Crippen molar-refractivity contribution in [3.8, 4) is 28.8 Å². The first-order valence-corrected chi connectivity index (χ1v) is 9.77. The third-order valence-corrected chi connectivity index (χ3v) is 4.82. The Kier molecular flexibility index (Phi) is 5.84. The number of nitrogens with zero attached hydrogens (tertiary/aromatic N) is 1. The molecule has 1 heterocycles. The number of pyridine rings is 1. The van der Waals surface area contributed by atoms with Gasteiger partial charge >= 0.3 is 12.1 Å². The minimum absolute atomic E-state index is 0.149. The summed E-state index contributed by atoms with van der Waals surface area (Å²) in [7, 11) is 0. The van der Waals surface area contributed by atoms with Crippen molar-refractivity contribution in [2.75, 3.05) is 0 Å². The quantitative estimate of drug-likeness (QED) is 0.204. The standard InChI is InChI=1S/C26H15F4NO2/c1-16-2-4-18(5-3-16)25(32)33-21-9-11-23(31-15-21)20-8-10-22-19(14-20)7-6-17(24(22)27)12-13-26(28,29)30/h2-11,14-15H,1H3. The summed E-state index contributed by atoms with van der Waals surface area (Å²) in [6, 6.07) is 17.7. The maximum atomic E-state index is 14.6. The Labute approximate surface area is 186 Å². The van der Waals surface area contributed by atoms with E-state index in [0.717, 1.165) is 11.5 Å². The number of carbonyl (C=O) groups excluding carboxylic acids is 1. The van der Waals surface area contributed by atoms with Gasteiger partial charge in [0.25, 0.3) is 0 Å². The largest absolute Gasteiger partial charge is 0.458 e. The fourth-order valence-electron chi connectivity index (χ4n) is 3.15. The molecule has 0 radical (unpaired) electrons. The van der Waals surface area contributed by atoms with Crippen LogP contribution in [0.1, 0.15) is 21.5 Å². The van der Waals surface area contributed by atoms with Crippen molar-refractivity contribution in [1.82, 2.24) is 4.98 Å². The number of halogens is 4. The monoisotopic (exact) mass is 449 g/mol. The zero-order valence-corrected chi connectivity index (χ0v) is 17.2. The molecule has 1 aromatic heterocycles. The molecular formula is C26H15F4NO2. The Morgan fingerprint density at radius 3 is 2.39 bits per heavy atom. The number of aryl methyl sites for hydroxylation is 1. The molecular weight excluding hydrogens is 434 g/mol. The molecule has 0 atom stereocenters. The van der Waals surface area contributed by atoms with E-state index in [0.29, 0.717) is 22.2 Å². The van der Waals surface area contributed by atoms with Crippen molar-refractivity contribution < 1.29 is 27.1 Å². The van der Waals surface area contributed by atoms with Gasteiger partial charge in [0.05, 0.1) is 23.0 Å². The van der Waals surface area contributed by atoms with Crippen LogP contribution in [0, 0.1) is 24.6 Å². The van der Waals surface area contributed by atoms with Gasteiger partial charge < -0.3 is 4.74 Å². The van der Waals surface area contributed by atoms with E-state index in [9.17, 15) is 22.4 Å². The van der Waals surface area contributed by atoms with Crippen molar-refractivity contribution in [2.24, 2.45) is 0 Å². The highest BCUT2D eigenvalue weighted by Crippen LogP contribution is 2.27. The number of ether oxygens (including phenoxy) is 1. The topological polar surface area (TPSA) is 39.2 Å². The second kappa shape index (κ2) is 8.75. The van der Waals surface area contributed by atoms with Gasteiger partial charge in [-0.2, -0.15) is 13.2 Å². The van der Waals surface area contributed by atoms with E-state index >= 15 is 0 Å². The van der Waals surface area contributed by atoms with Crippen LogP contribution in [0.4, 0.5) is 17.6 Å². The van der Waals surface area contributed by atoms with Crippen LogP contribution in [-0.2, 0) is 0 Å². The van der Waals surface area contributed by atoms with Crippen molar-refractivity contribution in [3.63, 3.8) is 0 Å². The highest BCUT2D eigenvalue weighted by molar-refractivity contribution is 5.91. The molecule has 3 aromatic carbocycles. The van der Waals surface area contributed by atoms with Gasteiger partial charge in [-0.1, -0.05) is 41.8 Å². The summed E-state index contributed by atoms with van der Waals surface area (Å²) in [4.78, 5) is 16.5. The summed E-state index contributed by atoms with van der Waals surface area (Å²) in [5, 5.41) is 0.635. The van der Waals surface area contributed by atoms with Crippen molar-refractivity contribution in [1.29, 1.82) is 0 Å². The number of esters is 1. The molecule has 0 saturated heterocycles. The average Bonchev–Trinajstić information content (AvgIpc) is 2.79. The van der Waals surface area contributed by atoms with Crippen LogP contribution in [0.3, 0.4) is 0 Å². The summed E-state index contributed by atoms with van der Waals surface area (Å²) in [6.45, 7) is 1.92. The lowest BCUT2D eigenvalue weighted by Crippen LogP contribution is -2.08. The number of carbonyl (C=O) groups is 1. The Hall–Kier alpha value is -4.18. The predicted molar refractivity (Wildman–Crippen MR) is 116 cm³/mol. The Bertz CT molecular complexity index is 1400. The molecule has 164 valence electrons. The van der Waals surface area contributed by atoms with Crippen LogP contribution in [-0.4, -0.2) is 17.1 Å². The number of fused-ring (bicyclic) bond motifs is 1. The van der Waals surface area contributed by atoms with Gasteiger partial charge in [-0.3, -0.25) is 4.98 Å². The summed E-state index contributed by atoms with van der Waals surface area (Å²) >= 11 is 0. The van der Waals surface area contributed by atoms with E-state index in [2.05, 4.69) is 4.98 Å². The molecule has 33 heavy (non-hydrogen) atoms. The predicted octanol–water partition coefficient (Wildman–Crippen LogP) is 6.48. The summed E-state index contributed by atoms with van der Waals surface area (Å²) in [5.74, 6) is 1.85. The highest BCUT2D eigenvalue weighted by Gasteiger charge is 2.23. The SMILES string of the molecule is Cc1ccc(C(=O)Oc2ccc(-c3ccc4c(F)c(C#CC(F)(F)F)ccc4c3)nc2)cc1. The molecule has 0 saturated carbocycles. The average molecular weight is 449 g/mol. The maximum Gasteiger partial charge on any atom is 0.458 e. The van der Waals surface area contributed by atoms with Crippen LogP contribution in [0.25, 0.3) is 22.0 Å². The number of alkyl halides is 3. The summed E-state index contributed by atoms with van der Waals surface area (Å²) < 4.78 is 56.8. The fourth-order valence-corrected chi connectivity index (χ4v) is 3.15. The molecule has 0 aliphatic rings. The summed E-state index contributed by atoms with van der Waals surface area (Å²) in [6.07, 6.45) is -3.29. The Morgan fingerprint density at radius 2 is 1.73 bits per heavy atom. The zero-order chi connectivity index (χ0) is 23.6. The van der Waals surface area contributed by atoms with E-state index in [4.69, 9.17) is 4.74 Å². The minimum Gasteiger partial charge on any atom is -0.421 e. The number of benzene rings is 3. The first-order valence-electron chi connectivity index (χ1n) is 9.77. The molecule has 0 N–H and O–H groups in total. The van der Waals surface area contributed by atoms with Gasteiger partial charge in [0.15, 0.2) is 0 Å². The maximum absolute atomic E-state index is 14.6. The molecule has 7 heteroatoms. The van der Waals surface area contributed by atoms with Crippen LogP contribution < -0.4 is 4.74 Å². The Morgan fingerprint density at radius 1 is 0.970 bits per heavy atom. The number of hydrogen-bond acceptors (Lipinski definition) is 3.